The van der Waals surface area contributed by atoms with Crippen molar-refractivity contribution in [2.45, 2.75) is 10.7 Å². The Labute approximate surface area is 141 Å². The number of hydrogen-bond acceptors (Lipinski definition) is 8. The van der Waals surface area contributed by atoms with E-state index < -0.39 is 8.66 Å². The molecule has 22 heavy (non-hydrogen) atoms. The summed E-state index contributed by atoms with van der Waals surface area (Å²) in [5.41, 5.74) is 0.485. The van der Waals surface area contributed by atoms with Crippen molar-refractivity contribution >= 4 is 45.3 Å². The number of aliphatic hydroxyl groups excluding tert-OH is 2. The average Bonchev–Trinajstić information content (AvgIpc) is 2.42. The van der Waals surface area contributed by atoms with Gasteiger partial charge in [0, 0.05) is 13.1 Å². The van der Waals surface area contributed by atoms with Gasteiger partial charge < -0.3 is 31.3 Å². The molecule has 0 aliphatic carbocycles. The summed E-state index contributed by atoms with van der Waals surface area (Å²) >= 11 is 1.74. The third-order valence-electron chi connectivity index (χ3n) is 2.56. The highest BCUT2D eigenvalue weighted by Crippen LogP contribution is 2.40. The molecule has 1 aromatic carbocycles. The minimum atomic E-state index is -1.30. The lowest BCUT2D eigenvalue weighted by Crippen LogP contribution is -2.27. The van der Waals surface area contributed by atoms with Crippen LogP contribution < -0.4 is 16.0 Å². The molecule has 1 unspecified atom stereocenters. The molecule has 1 atom stereocenters. The second-order valence-corrected chi connectivity index (χ2v) is 6.62. The molecule has 0 saturated carbocycles. The van der Waals surface area contributed by atoms with E-state index in [4.69, 9.17) is 10.2 Å². The van der Waals surface area contributed by atoms with Crippen LogP contribution >= 0.6 is 22.6 Å². The maximum absolute atomic E-state index is 11.4. The summed E-state index contributed by atoms with van der Waals surface area (Å²) in [7, 11) is 0. The van der Waals surface area contributed by atoms with Crippen molar-refractivity contribution in [3.63, 3.8) is 0 Å². The van der Waals surface area contributed by atoms with Gasteiger partial charge in [0.25, 0.3) is 0 Å². The first-order valence-corrected chi connectivity index (χ1v) is 7.58. The highest BCUT2D eigenvalue weighted by Gasteiger charge is 2.26. The SMILES string of the molecule is CC(O)(I)Nc1ccc(NCCO)c([N+](=O)[O-])c1NCCO. The van der Waals surface area contributed by atoms with Gasteiger partial charge in [-0.3, -0.25) is 10.1 Å². The molecule has 9 nitrogen and oxygen atoms in total. The second-order valence-electron chi connectivity index (χ2n) is 4.52. The molecule has 1 aromatic rings. The van der Waals surface area contributed by atoms with E-state index in [-0.39, 0.29) is 43.4 Å². The summed E-state index contributed by atoms with van der Waals surface area (Å²) in [5.74, 6) is 0. The largest absolute Gasteiger partial charge is 0.395 e. The van der Waals surface area contributed by atoms with Gasteiger partial charge in [-0.15, -0.1) is 0 Å². The van der Waals surface area contributed by atoms with Crippen molar-refractivity contribution < 1.29 is 20.2 Å². The van der Waals surface area contributed by atoms with E-state index in [1.54, 1.807) is 28.7 Å². The van der Waals surface area contributed by atoms with Crippen molar-refractivity contribution in [2.75, 3.05) is 42.3 Å². The van der Waals surface area contributed by atoms with Crippen LogP contribution in [0.5, 0.6) is 0 Å². The van der Waals surface area contributed by atoms with Crippen molar-refractivity contribution in [1.82, 2.24) is 0 Å². The van der Waals surface area contributed by atoms with Crippen molar-refractivity contribution in [2.24, 2.45) is 0 Å². The van der Waals surface area contributed by atoms with Gasteiger partial charge in [-0.25, -0.2) is 0 Å². The number of hydrogen-bond donors (Lipinski definition) is 6. The monoisotopic (exact) mass is 426 g/mol. The number of rotatable bonds is 9. The van der Waals surface area contributed by atoms with E-state index in [1.165, 1.54) is 13.0 Å². The summed E-state index contributed by atoms with van der Waals surface area (Å²) in [6, 6.07) is 3.06. The Hall–Kier alpha value is -1.37. The number of nitrogens with one attached hydrogen (secondary N) is 3. The van der Waals surface area contributed by atoms with Crippen LogP contribution in [0.1, 0.15) is 6.92 Å². The molecule has 1 rings (SSSR count). The Morgan fingerprint density at radius 3 is 2.27 bits per heavy atom. The quantitative estimate of drug-likeness (QED) is 0.0856. The third kappa shape index (κ3) is 5.44. The van der Waals surface area contributed by atoms with Crippen LogP contribution in [0.15, 0.2) is 12.1 Å². The number of nitro groups is 1. The minimum absolute atomic E-state index is 0.113. The van der Waals surface area contributed by atoms with Gasteiger partial charge in [0.05, 0.1) is 23.8 Å². The fraction of sp³-hybridized carbons (Fsp3) is 0.500. The number of anilines is 3. The molecule has 0 bridgehead atoms. The van der Waals surface area contributed by atoms with Crippen molar-refractivity contribution in [3.05, 3.63) is 22.2 Å². The molecule has 0 saturated heterocycles. The van der Waals surface area contributed by atoms with Gasteiger partial charge in [-0.2, -0.15) is 0 Å². The van der Waals surface area contributed by atoms with Crippen LogP contribution in [0.2, 0.25) is 0 Å². The zero-order chi connectivity index (χ0) is 16.8. The Kier molecular flexibility index (Phi) is 7.06. The molecule has 0 spiro atoms. The van der Waals surface area contributed by atoms with Crippen LogP contribution in [0, 0.1) is 10.1 Å². The van der Waals surface area contributed by atoms with E-state index in [2.05, 4.69) is 16.0 Å². The number of aliphatic hydroxyl groups is 3. The predicted molar refractivity (Wildman–Crippen MR) is 92.5 cm³/mol. The Bertz CT molecular complexity index is 521. The summed E-state index contributed by atoms with van der Waals surface area (Å²) in [6.45, 7) is 1.40. The van der Waals surface area contributed by atoms with E-state index in [9.17, 15) is 15.2 Å². The van der Waals surface area contributed by atoms with E-state index in [1.807, 2.05) is 0 Å². The molecule has 0 heterocycles. The summed E-state index contributed by atoms with van der Waals surface area (Å²) in [6.07, 6.45) is 0. The zero-order valence-corrected chi connectivity index (χ0v) is 14.1. The topological polar surface area (TPSA) is 140 Å². The van der Waals surface area contributed by atoms with Crippen molar-refractivity contribution in [3.8, 4) is 0 Å². The molecule has 0 aliphatic heterocycles. The fourth-order valence-corrected chi connectivity index (χ4v) is 2.11. The van der Waals surface area contributed by atoms with Crippen LogP contribution in [0.3, 0.4) is 0 Å². The maximum Gasteiger partial charge on any atom is 0.317 e. The molecule has 0 aromatic heterocycles. The lowest BCUT2D eigenvalue weighted by atomic mass is 10.1. The van der Waals surface area contributed by atoms with Crippen LogP contribution in [-0.2, 0) is 0 Å². The molecular weight excluding hydrogens is 407 g/mol. The van der Waals surface area contributed by atoms with Gasteiger partial charge in [0.1, 0.15) is 11.4 Å². The predicted octanol–water partition coefficient (Wildman–Crippen LogP) is 0.916. The molecule has 0 radical (unpaired) electrons. The van der Waals surface area contributed by atoms with Gasteiger partial charge in [-0.1, -0.05) is 0 Å². The molecule has 10 heteroatoms. The fourth-order valence-electron chi connectivity index (χ4n) is 1.82. The van der Waals surface area contributed by atoms with Crippen LogP contribution in [0.25, 0.3) is 0 Å². The molecule has 0 fully saturated rings. The minimum Gasteiger partial charge on any atom is -0.395 e. The lowest BCUT2D eigenvalue weighted by Gasteiger charge is -2.22. The highest BCUT2D eigenvalue weighted by atomic mass is 127. The third-order valence-corrected chi connectivity index (χ3v) is 2.83. The van der Waals surface area contributed by atoms with Crippen molar-refractivity contribution in [1.29, 1.82) is 0 Å². The molecule has 124 valence electrons. The second kappa shape index (κ2) is 8.31. The first-order valence-electron chi connectivity index (χ1n) is 6.50. The average molecular weight is 426 g/mol. The van der Waals surface area contributed by atoms with E-state index in [0.717, 1.165) is 0 Å². The molecule has 0 amide bonds. The van der Waals surface area contributed by atoms with Crippen LogP contribution in [0.4, 0.5) is 22.7 Å². The lowest BCUT2D eigenvalue weighted by molar-refractivity contribution is -0.383. The number of alkyl halides is 1. The first-order chi connectivity index (χ1) is 10.3. The van der Waals surface area contributed by atoms with Gasteiger partial charge >= 0.3 is 5.69 Å². The summed E-state index contributed by atoms with van der Waals surface area (Å²) < 4.78 is -1.30. The number of benzene rings is 1. The standard InChI is InChI=1S/C12H19IN4O5/c1-12(13,20)16-8-2-3-9(14-4-6-18)11(17(21)22)10(8)15-5-7-19/h2-3,14-16,18-20H,4-7H2,1H3. The maximum atomic E-state index is 11.4. The first kappa shape index (κ1) is 18.7. The number of nitrogens with zero attached hydrogens (tertiary/aromatic N) is 1. The Morgan fingerprint density at radius 2 is 1.77 bits per heavy atom. The summed E-state index contributed by atoms with van der Waals surface area (Å²) in [4.78, 5) is 10.8. The molecule has 6 N–H and O–H groups in total. The van der Waals surface area contributed by atoms with Gasteiger partial charge in [-0.05, 0) is 41.6 Å². The smallest absolute Gasteiger partial charge is 0.317 e. The number of nitro benzene ring substituents is 1. The summed E-state index contributed by atoms with van der Waals surface area (Å²) in [5, 5.41) is 47.3. The van der Waals surface area contributed by atoms with Gasteiger partial charge in [0.2, 0.25) is 0 Å². The van der Waals surface area contributed by atoms with E-state index >= 15 is 0 Å². The van der Waals surface area contributed by atoms with Crippen LogP contribution in [-0.4, -0.2) is 50.3 Å². The molecular formula is C12H19IN4O5. The molecule has 0 aliphatic rings. The Balaban J connectivity index is 3.33. The highest BCUT2D eigenvalue weighted by molar-refractivity contribution is 14.1. The zero-order valence-electron chi connectivity index (χ0n) is 12.0. The Morgan fingerprint density at radius 1 is 1.23 bits per heavy atom. The number of halogens is 1. The van der Waals surface area contributed by atoms with E-state index in [0.29, 0.717) is 5.69 Å². The van der Waals surface area contributed by atoms with Gasteiger partial charge in [0.15, 0.2) is 3.73 Å². The normalized spacial score (nSPS) is 13.3.